The van der Waals surface area contributed by atoms with Crippen molar-refractivity contribution in [3.8, 4) is 0 Å². The van der Waals surface area contributed by atoms with E-state index in [-0.39, 0.29) is 28.8 Å². The summed E-state index contributed by atoms with van der Waals surface area (Å²) in [5.74, 6) is -1.99. The maximum Gasteiger partial charge on any atom is 2.00 e. The third-order valence-corrected chi connectivity index (χ3v) is 9.68. The van der Waals surface area contributed by atoms with E-state index in [1.54, 1.807) is 0 Å². The Bertz CT molecular complexity index is 987. The maximum atomic E-state index is 10.9. The normalized spacial score (nSPS) is 10.1. The monoisotopic (exact) mass is 544 g/mol. The van der Waals surface area contributed by atoms with E-state index >= 15 is 0 Å². The number of carboxylic acids is 2. The number of carbonyl (C=O) groups is 2. The molecule has 35 heavy (non-hydrogen) atoms. The number of hydrogen-bond donors (Lipinski definition) is 0. The SMILES string of the molecule is O=C([O-])CP(c1ccccc1)c1ccccc1.O=C([O-])CP(c1ccccc1)c1ccccc1.[Ni+2]. The van der Waals surface area contributed by atoms with Gasteiger partial charge in [-0.05, 0) is 37.1 Å². The van der Waals surface area contributed by atoms with Crippen molar-refractivity contribution in [2.75, 3.05) is 12.3 Å². The minimum atomic E-state index is -0.996. The van der Waals surface area contributed by atoms with Crippen LogP contribution in [0.25, 0.3) is 0 Å². The van der Waals surface area contributed by atoms with Gasteiger partial charge in [0, 0.05) is 24.3 Å². The first-order valence-electron chi connectivity index (χ1n) is 10.7. The molecule has 0 amide bonds. The Labute approximate surface area is 218 Å². The van der Waals surface area contributed by atoms with E-state index in [1.165, 1.54) is 0 Å². The molecule has 4 rings (SSSR count). The Morgan fingerprint density at radius 2 is 0.657 bits per heavy atom. The van der Waals surface area contributed by atoms with Gasteiger partial charge in [-0.2, -0.15) is 0 Å². The van der Waals surface area contributed by atoms with Crippen molar-refractivity contribution in [3.63, 3.8) is 0 Å². The van der Waals surface area contributed by atoms with E-state index in [2.05, 4.69) is 0 Å². The molecule has 0 atom stereocenters. The van der Waals surface area contributed by atoms with Gasteiger partial charge in [-0.1, -0.05) is 121 Å². The molecule has 4 aromatic rings. The van der Waals surface area contributed by atoms with Crippen LogP contribution in [0.1, 0.15) is 0 Å². The van der Waals surface area contributed by atoms with Crippen molar-refractivity contribution in [1.29, 1.82) is 0 Å². The predicted molar refractivity (Wildman–Crippen MR) is 138 cm³/mol. The van der Waals surface area contributed by atoms with Gasteiger partial charge in [-0.15, -0.1) is 0 Å². The summed E-state index contributed by atoms with van der Waals surface area (Å²) >= 11 is 0. The molecule has 0 aliphatic carbocycles. The van der Waals surface area contributed by atoms with Crippen molar-refractivity contribution in [2.24, 2.45) is 0 Å². The molecule has 0 N–H and O–H groups in total. The summed E-state index contributed by atoms with van der Waals surface area (Å²) in [6, 6.07) is 39.0. The Morgan fingerprint density at radius 1 is 0.457 bits per heavy atom. The largest absolute Gasteiger partial charge is 2.00 e. The van der Waals surface area contributed by atoms with Gasteiger partial charge in [0.1, 0.15) is 0 Å². The molecular weight excluding hydrogens is 521 g/mol. The van der Waals surface area contributed by atoms with Crippen LogP contribution in [0.2, 0.25) is 0 Å². The van der Waals surface area contributed by atoms with Crippen LogP contribution >= 0.6 is 15.8 Å². The minimum Gasteiger partial charge on any atom is -0.550 e. The number of benzene rings is 4. The first-order valence-corrected chi connectivity index (χ1v) is 13.7. The van der Waals surface area contributed by atoms with Gasteiger partial charge in [0.05, 0.1) is 0 Å². The van der Waals surface area contributed by atoms with E-state index in [9.17, 15) is 19.8 Å². The summed E-state index contributed by atoms with van der Waals surface area (Å²) in [6.45, 7) is 0. The molecule has 4 nitrogen and oxygen atoms in total. The molecule has 0 heterocycles. The topological polar surface area (TPSA) is 80.3 Å². The molecule has 0 aliphatic heterocycles. The third-order valence-electron chi connectivity index (χ3n) is 4.85. The Hall–Kier alpha value is -2.83. The quantitative estimate of drug-likeness (QED) is 0.250. The number of hydrogen-bond acceptors (Lipinski definition) is 4. The molecule has 0 aliphatic rings. The van der Waals surface area contributed by atoms with Gasteiger partial charge in [0.15, 0.2) is 0 Å². The van der Waals surface area contributed by atoms with Crippen molar-refractivity contribution in [2.45, 2.75) is 0 Å². The fourth-order valence-electron chi connectivity index (χ4n) is 3.35. The average molecular weight is 545 g/mol. The van der Waals surface area contributed by atoms with E-state index in [1.807, 2.05) is 121 Å². The van der Waals surface area contributed by atoms with E-state index in [0.29, 0.717) is 0 Å². The molecule has 7 heteroatoms. The molecule has 0 unspecified atom stereocenters. The van der Waals surface area contributed by atoms with E-state index in [0.717, 1.165) is 21.2 Å². The maximum absolute atomic E-state index is 10.9. The van der Waals surface area contributed by atoms with Crippen LogP contribution in [0, 0.1) is 0 Å². The second kappa shape index (κ2) is 15.2. The van der Waals surface area contributed by atoms with Gasteiger partial charge in [0.25, 0.3) is 0 Å². The second-order valence-electron chi connectivity index (χ2n) is 7.26. The number of carbonyl (C=O) groups excluding carboxylic acids is 2. The smallest absolute Gasteiger partial charge is 0.550 e. The average Bonchev–Trinajstić information content (AvgIpc) is 2.88. The zero-order valence-electron chi connectivity index (χ0n) is 18.8. The van der Waals surface area contributed by atoms with Gasteiger partial charge in [-0.3, -0.25) is 0 Å². The molecule has 0 aromatic heterocycles. The number of carboxylic acid groups (broad SMARTS) is 2. The summed E-state index contributed by atoms with van der Waals surface area (Å²) < 4.78 is 0. The molecular formula is C28H24NiO4P2. The predicted octanol–water partition coefficient (Wildman–Crippen LogP) is 1.74. The molecule has 180 valence electrons. The van der Waals surface area contributed by atoms with Crippen molar-refractivity contribution in [1.82, 2.24) is 0 Å². The van der Waals surface area contributed by atoms with Crippen LogP contribution in [-0.2, 0) is 26.1 Å². The molecule has 0 bridgehead atoms. The molecule has 0 spiro atoms. The molecule has 0 saturated heterocycles. The summed E-state index contributed by atoms with van der Waals surface area (Å²) in [5, 5.41) is 26.0. The van der Waals surface area contributed by atoms with E-state index < -0.39 is 27.8 Å². The standard InChI is InChI=1S/2C14H13O2P.Ni/c2*15-14(16)11-17(12-7-3-1-4-8-12)13-9-5-2-6-10-13;/h2*1-10H,11H2,(H,15,16);/q;;+2/p-2. The molecule has 4 aromatic carbocycles. The van der Waals surface area contributed by atoms with Crippen LogP contribution in [0.15, 0.2) is 121 Å². The number of rotatable bonds is 8. The van der Waals surface area contributed by atoms with E-state index in [4.69, 9.17) is 0 Å². The van der Waals surface area contributed by atoms with Gasteiger partial charge in [0.2, 0.25) is 0 Å². The van der Waals surface area contributed by atoms with Crippen LogP contribution in [-0.4, -0.2) is 24.3 Å². The minimum absolute atomic E-state index is 0. The molecule has 0 radical (unpaired) electrons. The third kappa shape index (κ3) is 9.38. The van der Waals surface area contributed by atoms with Crippen molar-refractivity contribution >= 4 is 49.0 Å². The second-order valence-corrected chi connectivity index (χ2v) is 11.7. The summed E-state index contributed by atoms with van der Waals surface area (Å²) in [6.07, 6.45) is 0.146. The zero-order valence-corrected chi connectivity index (χ0v) is 21.6. The first-order chi connectivity index (χ1) is 16.5. The molecule has 0 saturated carbocycles. The van der Waals surface area contributed by atoms with Crippen LogP contribution < -0.4 is 31.4 Å². The van der Waals surface area contributed by atoms with Crippen molar-refractivity contribution < 1.29 is 36.3 Å². The van der Waals surface area contributed by atoms with Crippen LogP contribution in [0.4, 0.5) is 0 Å². The van der Waals surface area contributed by atoms with Crippen LogP contribution in [0.5, 0.6) is 0 Å². The van der Waals surface area contributed by atoms with Crippen LogP contribution in [0.3, 0.4) is 0 Å². The fraction of sp³-hybridized carbons (Fsp3) is 0.0714. The Kier molecular flexibility index (Phi) is 12.4. The molecule has 0 fully saturated rings. The van der Waals surface area contributed by atoms with Gasteiger partial charge < -0.3 is 19.8 Å². The zero-order chi connectivity index (χ0) is 24.2. The summed E-state index contributed by atoms with van der Waals surface area (Å²) in [7, 11) is -1.70. The fourth-order valence-corrected chi connectivity index (χ4v) is 7.32. The Balaban J connectivity index is 0.000000240. The Morgan fingerprint density at radius 3 is 0.829 bits per heavy atom. The number of aliphatic carboxylic acids is 2. The van der Waals surface area contributed by atoms with Gasteiger partial charge >= 0.3 is 16.5 Å². The van der Waals surface area contributed by atoms with Gasteiger partial charge in [-0.25, -0.2) is 0 Å². The summed E-state index contributed by atoms with van der Waals surface area (Å²) in [4.78, 5) is 21.7. The summed E-state index contributed by atoms with van der Waals surface area (Å²) in [5.41, 5.74) is 0. The van der Waals surface area contributed by atoms with Crippen molar-refractivity contribution in [3.05, 3.63) is 121 Å². The first kappa shape index (κ1) is 28.4.